The van der Waals surface area contributed by atoms with Crippen molar-refractivity contribution in [2.75, 3.05) is 0 Å². The quantitative estimate of drug-likeness (QED) is 0.235. The summed E-state index contributed by atoms with van der Waals surface area (Å²) in [4.78, 5) is 0. The smallest absolute Gasteiger partial charge is 0.813 e. The summed E-state index contributed by atoms with van der Waals surface area (Å²) in [5.74, 6) is 1.55. The molecule has 5 heteroatoms. The van der Waals surface area contributed by atoms with E-state index in [1.54, 1.807) is 0 Å². The molecule has 1 aliphatic carbocycles. The molecule has 17 heavy (non-hydrogen) atoms. The number of hydrogen-bond donors (Lipinski definition) is 0. The van der Waals surface area contributed by atoms with E-state index in [4.69, 9.17) is 0 Å². The van der Waals surface area contributed by atoms with Crippen LogP contribution in [-0.2, 0) is 13.5 Å². The number of thiol groups is 1. The van der Waals surface area contributed by atoms with E-state index in [0.29, 0.717) is 5.92 Å². The average molecular weight is 240 g/mol. The van der Waals surface area contributed by atoms with Crippen LogP contribution < -0.4 is 29.4 Å². The minimum Gasteiger partial charge on any atom is -0.813 e. The zero-order valence-corrected chi connectivity index (χ0v) is 11.6. The van der Waals surface area contributed by atoms with Crippen molar-refractivity contribution in [1.82, 2.24) is 15.4 Å². The molecule has 0 fully saturated rings. The van der Waals surface area contributed by atoms with Crippen molar-refractivity contribution in [3.8, 4) is 0 Å². The van der Waals surface area contributed by atoms with Crippen LogP contribution >= 0.6 is 0 Å². The van der Waals surface area contributed by atoms with Gasteiger partial charge in [-0.15, -0.1) is 17.3 Å². The summed E-state index contributed by atoms with van der Waals surface area (Å²) in [5, 5.41) is 14.0. The zero-order valence-electron chi connectivity index (χ0n) is 10.7. The van der Waals surface area contributed by atoms with Gasteiger partial charge in [-0.1, -0.05) is 26.0 Å². The Morgan fingerprint density at radius 1 is 1.24 bits per heavy atom. The Balaban J connectivity index is 0.00000128. The van der Waals surface area contributed by atoms with Crippen molar-refractivity contribution >= 4 is 25.6 Å². The Morgan fingerprint density at radius 3 is 2.59 bits per heavy atom. The number of allylic oxidation sites excluding steroid dienone is 2. The van der Waals surface area contributed by atoms with E-state index in [-0.39, 0.29) is 32.4 Å². The molecule has 1 aromatic heterocycles. The first-order valence-electron chi connectivity index (χ1n) is 5.11. The van der Waals surface area contributed by atoms with E-state index >= 15 is 0 Å². The maximum Gasteiger partial charge on any atom is 1.00 e. The van der Waals surface area contributed by atoms with Crippen LogP contribution in [0.5, 0.6) is 0 Å². The molecule has 0 amide bonds. The number of hydrogen-bond acceptors (Lipinski definition) is 4. The van der Waals surface area contributed by atoms with Crippen LogP contribution in [0.25, 0.3) is 12.2 Å². The van der Waals surface area contributed by atoms with Gasteiger partial charge in [0.25, 0.3) is 0 Å². The van der Waals surface area contributed by atoms with Gasteiger partial charge >= 0.3 is 18.9 Å². The van der Waals surface area contributed by atoms with Crippen LogP contribution in [0.2, 0.25) is 0 Å². The van der Waals surface area contributed by atoms with Crippen molar-refractivity contribution < 1.29 is 18.9 Å². The number of aromatic nitrogens is 3. The predicted molar refractivity (Wildman–Crippen MR) is 68.9 cm³/mol. The normalized spacial score (nSPS) is 12.6. The second-order valence-corrected chi connectivity index (χ2v) is 4.04. The zero-order chi connectivity index (χ0) is 10.8. The molecule has 0 saturated heterocycles. The Morgan fingerprint density at radius 2 is 1.94 bits per heavy atom. The molecule has 1 aromatic rings. The molecule has 86 valence electrons. The second-order valence-electron chi connectivity index (χ2n) is 4.04. The molecule has 3 nitrogen and oxygen atoms in total. The van der Waals surface area contributed by atoms with Crippen LogP contribution in [0.15, 0.2) is 12.2 Å². The van der Waals surface area contributed by atoms with Gasteiger partial charge in [-0.05, 0) is 16.5 Å². The summed E-state index contributed by atoms with van der Waals surface area (Å²) in [7, 11) is 0. The van der Waals surface area contributed by atoms with E-state index in [1.165, 1.54) is 5.92 Å². The fourth-order valence-electron chi connectivity index (χ4n) is 1.62. The molecular formula is C12H15LiN3S-. The monoisotopic (exact) mass is 240 g/mol. The number of nitrogens with zero attached hydrogens (tertiary/aromatic N) is 3. The molecule has 0 spiro atoms. The summed E-state index contributed by atoms with van der Waals surface area (Å²) in [6, 6.07) is 0. The third kappa shape index (κ3) is 3.64. The fraction of sp³-hybridized carbons (Fsp3) is 0.333. The third-order valence-electron chi connectivity index (χ3n) is 2.39. The van der Waals surface area contributed by atoms with Gasteiger partial charge in [0.2, 0.25) is 0 Å². The molecular weight excluding hydrogens is 225 g/mol. The summed E-state index contributed by atoms with van der Waals surface area (Å²) >= 11 is 0. The number of fused-ring (bicyclic) bond motifs is 1. The van der Waals surface area contributed by atoms with Gasteiger partial charge in [0.15, 0.2) is 0 Å². The van der Waals surface area contributed by atoms with Gasteiger partial charge in [-0.25, -0.2) is 0 Å². The SMILES string of the molecule is C[C-]1C=CC=c2c(C(C)C)nnnc2=C1.[Li+].[SH-]. The maximum absolute atomic E-state index is 4.10. The van der Waals surface area contributed by atoms with Crippen LogP contribution in [0.3, 0.4) is 0 Å². The first kappa shape index (κ1) is 16.3. The molecule has 0 bridgehead atoms. The number of rotatable bonds is 1. The van der Waals surface area contributed by atoms with Gasteiger partial charge in [-0.2, -0.15) is 23.2 Å². The van der Waals surface area contributed by atoms with Gasteiger partial charge < -0.3 is 13.5 Å². The van der Waals surface area contributed by atoms with Gasteiger partial charge in [0.05, 0.1) is 5.69 Å². The Hall–Kier alpha value is -0.693. The van der Waals surface area contributed by atoms with E-state index in [9.17, 15) is 0 Å². The molecule has 0 aliphatic heterocycles. The average Bonchev–Trinajstić information content (AvgIpc) is 2.37. The van der Waals surface area contributed by atoms with E-state index in [1.807, 2.05) is 12.2 Å². The van der Waals surface area contributed by atoms with Crippen molar-refractivity contribution in [2.45, 2.75) is 26.7 Å². The van der Waals surface area contributed by atoms with Gasteiger partial charge in [0.1, 0.15) is 0 Å². The molecule has 2 rings (SSSR count). The fourth-order valence-corrected chi connectivity index (χ4v) is 1.62. The Labute approximate surface area is 121 Å². The van der Waals surface area contributed by atoms with Crippen LogP contribution in [0, 0.1) is 5.92 Å². The predicted octanol–water partition coefficient (Wildman–Crippen LogP) is -2.55. The van der Waals surface area contributed by atoms with Crippen molar-refractivity contribution in [3.05, 3.63) is 34.3 Å². The Bertz CT molecular complexity index is 511. The van der Waals surface area contributed by atoms with Crippen molar-refractivity contribution in [3.63, 3.8) is 0 Å². The first-order valence-corrected chi connectivity index (χ1v) is 5.11. The Kier molecular flexibility index (Phi) is 6.62. The van der Waals surface area contributed by atoms with E-state index in [0.717, 1.165) is 16.3 Å². The van der Waals surface area contributed by atoms with Gasteiger partial charge in [-0.3, -0.25) is 0 Å². The molecule has 0 saturated carbocycles. The first-order chi connectivity index (χ1) is 7.18. The van der Waals surface area contributed by atoms with Crippen LogP contribution in [0.1, 0.15) is 32.4 Å². The topological polar surface area (TPSA) is 38.7 Å². The maximum atomic E-state index is 4.10. The summed E-state index contributed by atoms with van der Waals surface area (Å²) in [5.41, 5.74) is 1.01. The molecule has 1 aliphatic rings. The third-order valence-corrected chi connectivity index (χ3v) is 2.39. The molecule has 0 atom stereocenters. The van der Waals surface area contributed by atoms with Crippen LogP contribution in [-0.4, -0.2) is 15.4 Å². The van der Waals surface area contributed by atoms with E-state index < -0.39 is 0 Å². The largest absolute Gasteiger partial charge is 1.00 e. The van der Waals surface area contributed by atoms with Crippen molar-refractivity contribution in [1.29, 1.82) is 0 Å². The minimum absolute atomic E-state index is 0. The summed E-state index contributed by atoms with van der Waals surface area (Å²) < 4.78 is 0. The minimum atomic E-state index is 0. The molecule has 0 N–H and O–H groups in total. The summed E-state index contributed by atoms with van der Waals surface area (Å²) in [6.45, 7) is 6.28. The second kappa shape index (κ2) is 6.90. The van der Waals surface area contributed by atoms with Crippen molar-refractivity contribution in [2.24, 2.45) is 0 Å². The van der Waals surface area contributed by atoms with E-state index in [2.05, 4.69) is 48.3 Å². The molecule has 1 heterocycles. The molecule has 0 radical (unpaired) electrons. The summed E-state index contributed by atoms with van der Waals surface area (Å²) in [6.07, 6.45) is 8.19. The van der Waals surface area contributed by atoms with Crippen LogP contribution in [0.4, 0.5) is 0 Å². The molecule has 0 aromatic carbocycles. The molecule has 0 unspecified atom stereocenters. The van der Waals surface area contributed by atoms with Gasteiger partial charge in [0, 0.05) is 0 Å². The standard InChI is InChI=1S/C12H14N3.Li.H2S/c1-8(2)12-10-6-4-5-9(3)7-11(10)13-15-14-12;;/h4-8H,1-3H3;;1H2/q-1;+1;/p-1.